The Balaban J connectivity index is 0. The standard InChI is InChI=1S/C13H16N4O2.C11H11N3O3.C10H8N2O3.C9H6N2O3.C7H15NO2S.C2H6NO2S.C2H7N.C2H6.3Ru/c1-4-14-13(19)10-11(18)9-8(6-5-7-15-9)12(16-10)17(2)3;1-14(2)10-6-4-3-5-12-7(6)9(15)8(13-10)11(16)17;1-5-6-3-2-4-11-7(6)9(13)8(12-5)10(14)15;12-8-6-5(2-1-3-10-6)4-11-7(8)9(13)14;1-7(2)8-5-3-4-6-11(8,9)10;1-3-6(4)5-2;1-2-3;1-2;;;/h5-7,18H,4H2,1-3H3,(H,14,19);3-5,15H,1-2H3,(H,16,17);2-4,13H,1H3,(H,14,15);1-4,12H,(H,13,14);7H,3-6H2,1-2H3;1-2H3;2-3H2,1H3;1-2H3;;;/q;;;;;-1;;;;;. The molecule has 1 fully saturated rings. The number of hydrogen-bond acceptors (Lipinski definition) is 25. The van der Waals surface area contributed by atoms with Gasteiger partial charge in [-0.1, -0.05) is 31.6 Å². The van der Waals surface area contributed by atoms with E-state index in [4.69, 9.17) is 21.1 Å². The summed E-state index contributed by atoms with van der Waals surface area (Å²) in [4.78, 5) is 79.2. The summed E-state index contributed by atoms with van der Waals surface area (Å²) < 4.78 is 41.7. The summed E-state index contributed by atoms with van der Waals surface area (Å²) in [5.74, 6) is -4.19. The maximum Gasteiger partial charge on any atom is 0.358 e. The van der Waals surface area contributed by atoms with Crippen molar-refractivity contribution in [3.63, 3.8) is 0 Å². The van der Waals surface area contributed by atoms with Crippen molar-refractivity contribution in [1.29, 1.82) is 0 Å². The quantitative estimate of drug-likeness (QED) is 0.0532. The van der Waals surface area contributed by atoms with E-state index in [9.17, 15) is 52.2 Å². The molecule has 90 heavy (non-hydrogen) atoms. The first-order valence-electron chi connectivity index (χ1n) is 26.6. The molecule has 0 aromatic carbocycles. The maximum absolute atomic E-state index is 11.9. The van der Waals surface area contributed by atoms with E-state index in [-0.39, 0.29) is 115 Å². The third-order valence-electron chi connectivity index (χ3n) is 11.2. The number of carbonyl (C=O) groups excluding carboxylic acids is 1. The fourth-order valence-corrected chi connectivity index (χ4v) is 9.52. The van der Waals surface area contributed by atoms with Gasteiger partial charge in [-0.15, -0.1) is 0 Å². The number of anilines is 2. The van der Waals surface area contributed by atoms with Crippen LogP contribution in [-0.4, -0.2) is 186 Å². The number of aromatic carboxylic acids is 3. The first kappa shape index (κ1) is 84.6. The van der Waals surface area contributed by atoms with Crippen molar-refractivity contribution >= 4 is 100.0 Å². The second-order valence-corrected chi connectivity index (χ2v) is 21.2. The zero-order valence-electron chi connectivity index (χ0n) is 51.5. The molecule has 0 unspecified atom stereocenters. The minimum Gasteiger partial charge on any atom is -0.504 e. The van der Waals surface area contributed by atoms with E-state index < -0.39 is 56.2 Å². The fourth-order valence-electron chi connectivity index (χ4n) is 7.52. The van der Waals surface area contributed by atoms with E-state index in [0.29, 0.717) is 63.2 Å². The molecule has 34 heteroatoms. The molecular weight excluding hydrogens is 1480 g/mol. The van der Waals surface area contributed by atoms with Crippen molar-refractivity contribution in [3.05, 3.63) is 108 Å². The largest absolute Gasteiger partial charge is 0.504 e. The molecule has 1 saturated heterocycles. The Labute approximate surface area is 561 Å². The number of nitrogens with two attached hydrogens (primary N) is 1. The molecule has 8 aromatic rings. The third-order valence-corrected chi connectivity index (χ3v) is 13.9. The number of fused-ring (bicyclic) bond motifs is 4. The predicted molar refractivity (Wildman–Crippen MR) is 331 cm³/mol. The molecule has 0 spiro atoms. The molecule has 496 valence electrons. The number of aromatic hydroxyl groups is 4. The SMILES string of the molecule is CC.CC(C)N1CCCCS1(=O)=O.CCN.CCNC(=O)c1nc(N(C)C)c2cccnc2c1O.CN(C)c1nc(C(=O)O)c(O)c2ncccc12.CN=[S-](=O)OC.Cc1nc(C(=O)O)c(O)c2ncccc12.O=C(O)c1ncc2cccnc2c1O.[Ru].[Ru].[Ru]. The molecule has 0 atom stereocenters. The summed E-state index contributed by atoms with van der Waals surface area (Å²) in [6, 6.07) is 14.0. The van der Waals surface area contributed by atoms with E-state index in [2.05, 4.69) is 53.7 Å². The molecule has 9 heterocycles. The number of nitrogens with one attached hydrogen (secondary N) is 1. The zero-order valence-corrected chi connectivity index (χ0v) is 58.4. The molecule has 0 bridgehead atoms. The van der Waals surface area contributed by atoms with Crippen LogP contribution < -0.4 is 20.9 Å². The smallest absolute Gasteiger partial charge is 0.358 e. The van der Waals surface area contributed by atoms with Crippen LogP contribution in [0.1, 0.15) is 102 Å². The second kappa shape index (κ2) is 41.8. The third kappa shape index (κ3) is 23.7. The molecule has 10 N–H and O–H groups in total. The Bertz CT molecular complexity index is 3850. The van der Waals surface area contributed by atoms with Crippen molar-refractivity contribution < 1.29 is 130 Å². The van der Waals surface area contributed by atoms with Crippen LogP contribution in [0.2, 0.25) is 0 Å². The number of hydrogen-bond donors (Lipinski definition) is 9. The molecule has 0 saturated carbocycles. The summed E-state index contributed by atoms with van der Waals surface area (Å²) in [6.07, 6.45) is 9.24. The van der Waals surface area contributed by atoms with Crippen molar-refractivity contribution in [2.24, 2.45) is 10.1 Å². The van der Waals surface area contributed by atoms with Crippen LogP contribution >= 0.6 is 0 Å². The average molecular weight is 1550 g/mol. The van der Waals surface area contributed by atoms with E-state index in [0.717, 1.165) is 19.4 Å². The first-order valence-corrected chi connectivity index (χ1v) is 29.2. The van der Waals surface area contributed by atoms with Crippen LogP contribution in [0.25, 0.3) is 43.6 Å². The van der Waals surface area contributed by atoms with Crippen molar-refractivity contribution in [3.8, 4) is 23.0 Å². The molecular formula is C56H75N14O15Ru3S2-. The Morgan fingerprint density at radius 3 is 1.43 bits per heavy atom. The molecule has 0 aliphatic carbocycles. The van der Waals surface area contributed by atoms with Crippen molar-refractivity contribution in [1.82, 2.24) is 49.5 Å². The normalized spacial score (nSPS) is 11.9. The van der Waals surface area contributed by atoms with Crippen LogP contribution in [0.3, 0.4) is 0 Å². The van der Waals surface area contributed by atoms with Gasteiger partial charge in [-0.05, 0) is 95.6 Å². The van der Waals surface area contributed by atoms with Gasteiger partial charge in [-0.25, -0.2) is 42.7 Å². The number of aryl methyl sites for hydroxylation is 1. The number of carboxylic acids is 3. The number of carbonyl (C=O) groups is 4. The number of carboxylic acid groups (broad SMARTS) is 3. The van der Waals surface area contributed by atoms with Crippen LogP contribution in [0.4, 0.5) is 11.6 Å². The molecule has 1 amide bonds. The molecule has 1 aliphatic rings. The van der Waals surface area contributed by atoms with E-state index in [1.54, 1.807) is 90.7 Å². The number of sulfonamides is 1. The van der Waals surface area contributed by atoms with Gasteiger partial charge in [-0.2, -0.15) is 4.31 Å². The monoisotopic (exact) mass is 1550 g/mol. The van der Waals surface area contributed by atoms with Crippen LogP contribution in [0.15, 0.2) is 83.9 Å². The first-order chi connectivity index (χ1) is 41.1. The topological polar surface area (TPSA) is 434 Å². The molecule has 1 aliphatic heterocycles. The molecule has 9 rings (SSSR count). The number of rotatable bonds is 9. The molecule has 29 nitrogen and oxygen atoms in total. The zero-order chi connectivity index (χ0) is 65.9. The van der Waals surface area contributed by atoms with E-state index in [1.165, 1.54) is 38.9 Å². The van der Waals surface area contributed by atoms with Gasteiger partial charge in [-0.3, -0.25) is 24.7 Å². The summed E-state index contributed by atoms with van der Waals surface area (Å²) in [5.41, 5.74) is 5.38. The van der Waals surface area contributed by atoms with Gasteiger partial charge < -0.3 is 69.4 Å². The summed E-state index contributed by atoms with van der Waals surface area (Å²) >= 11 is 0. The van der Waals surface area contributed by atoms with Crippen LogP contribution in [0, 0.1) is 6.92 Å². The van der Waals surface area contributed by atoms with Crippen LogP contribution in [0.5, 0.6) is 23.0 Å². The van der Waals surface area contributed by atoms with Gasteiger partial charge in [0.25, 0.3) is 5.91 Å². The number of pyridine rings is 8. The summed E-state index contributed by atoms with van der Waals surface area (Å²) in [6.45, 7) is 15.2. The molecule has 8 aromatic heterocycles. The Morgan fingerprint density at radius 2 is 1.06 bits per heavy atom. The Hall–Kier alpha value is -7.43. The van der Waals surface area contributed by atoms with Crippen LogP contribution in [-0.2, 0) is 87.7 Å². The Morgan fingerprint density at radius 1 is 0.667 bits per heavy atom. The summed E-state index contributed by atoms with van der Waals surface area (Å²) in [5, 5.41) is 70.7. The number of amides is 1. The fraction of sp³-hybridized carbons (Fsp3) is 0.357. The number of nitrogens with zero attached hydrogens (tertiary/aromatic N) is 12. The van der Waals surface area contributed by atoms with E-state index >= 15 is 0 Å². The average Bonchev–Trinajstić information content (AvgIpc) is 1.35. The van der Waals surface area contributed by atoms with E-state index in [1.807, 2.05) is 54.8 Å². The second-order valence-electron chi connectivity index (χ2n) is 18.0. The minimum absolute atomic E-state index is 0. The van der Waals surface area contributed by atoms with Gasteiger partial charge in [0.1, 0.15) is 33.7 Å². The van der Waals surface area contributed by atoms with Gasteiger partial charge in [0.2, 0.25) is 10.0 Å². The predicted octanol–water partition coefficient (Wildman–Crippen LogP) is 6.76. The Kier molecular flexibility index (Phi) is 39.3. The maximum atomic E-state index is 11.9. The number of aromatic nitrogens is 8. The van der Waals surface area contributed by atoms with Crippen molar-refractivity contribution in [2.45, 2.75) is 67.3 Å². The minimum atomic E-state index is -2.89. The van der Waals surface area contributed by atoms with Gasteiger partial charge in [0.05, 0.1) is 5.75 Å². The van der Waals surface area contributed by atoms with Gasteiger partial charge in [0.15, 0.2) is 45.8 Å². The van der Waals surface area contributed by atoms with Crippen molar-refractivity contribution in [2.75, 3.05) is 77.5 Å². The van der Waals surface area contributed by atoms with Gasteiger partial charge in [0, 0.05) is 178 Å². The summed E-state index contributed by atoms with van der Waals surface area (Å²) in [7, 11) is 5.62. The van der Waals surface area contributed by atoms with Gasteiger partial charge >= 0.3 is 17.9 Å². The molecule has 0 radical (unpaired) electrons.